The van der Waals surface area contributed by atoms with E-state index in [0.29, 0.717) is 6.54 Å². The van der Waals surface area contributed by atoms with Crippen LogP contribution in [0.5, 0.6) is 0 Å². The molecule has 0 fully saturated rings. The smallest absolute Gasteiger partial charge is 0.253 e. The number of rotatable bonds is 7. The molecule has 1 aromatic carbocycles. The number of aromatic amines is 1. The Labute approximate surface area is 157 Å². The Balaban J connectivity index is 2.33. The Morgan fingerprint density at radius 3 is 2.46 bits per heavy atom. The molecule has 0 saturated heterocycles. The molecule has 1 heterocycles. The summed E-state index contributed by atoms with van der Waals surface area (Å²) < 4.78 is 0. The average Bonchev–Trinajstić information content (AvgIpc) is 2.53. The van der Waals surface area contributed by atoms with Gasteiger partial charge in [-0.2, -0.15) is 0 Å². The Morgan fingerprint density at radius 1 is 1.19 bits per heavy atom. The maximum Gasteiger partial charge on any atom is 0.253 e. The minimum atomic E-state index is -0.0387. The number of H-pyrrole nitrogens is 1. The van der Waals surface area contributed by atoms with Crippen molar-refractivity contribution >= 4 is 10.9 Å². The van der Waals surface area contributed by atoms with Gasteiger partial charge in [-0.15, -0.1) is 0 Å². The lowest BCUT2D eigenvalue weighted by molar-refractivity contribution is 0.201. The number of hydrogen-bond acceptors (Lipinski definition) is 3. The summed E-state index contributed by atoms with van der Waals surface area (Å²) in [6.07, 6.45) is 0.992. The standard InChI is InChI=1S/C22H33N3O/c1-8-22(6,7)24-16(2)25(15-21(3,4)5)14-18-13-17-11-9-10-12-19(17)23-20(18)26/h9-13,24H,2,8,14-15H2,1,3-7H3,(H,23,26). The Bertz CT molecular complexity index is 827. The second kappa shape index (κ2) is 7.56. The normalized spacial score (nSPS) is 12.2. The minimum absolute atomic E-state index is 0.0369. The molecular weight excluding hydrogens is 322 g/mol. The Hall–Kier alpha value is -2.23. The van der Waals surface area contributed by atoms with Crippen LogP contribution in [0.25, 0.3) is 10.9 Å². The van der Waals surface area contributed by atoms with Crippen LogP contribution < -0.4 is 10.9 Å². The fourth-order valence-electron chi connectivity index (χ4n) is 2.89. The maximum absolute atomic E-state index is 12.6. The number of benzene rings is 1. The van der Waals surface area contributed by atoms with Crippen LogP contribution >= 0.6 is 0 Å². The number of pyridine rings is 1. The van der Waals surface area contributed by atoms with Crippen molar-refractivity contribution in [3.8, 4) is 0 Å². The van der Waals surface area contributed by atoms with Gasteiger partial charge in [0.25, 0.3) is 5.56 Å². The van der Waals surface area contributed by atoms with Gasteiger partial charge in [0.05, 0.1) is 5.82 Å². The monoisotopic (exact) mass is 355 g/mol. The lowest BCUT2D eigenvalue weighted by atomic mass is 9.95. The molecule has 4 nitrogen and oxygen atoms in total. The molecule has 0 bridgehead atoms. The van der Waals surface area contributed by atoms with Crippen LogP contribution in [0.1, 0.15) is 53.5 Å². The van der Waals surface area contributed by atoms with E-state index in [0.717, 1.165) is 35.3 Å². The SMILES string of the molecule is C=C(NC(C)(C)CC)N(Cc1cc2ccccc2[nH]c1=O)CC(C)(C)C. The second-order valence-corrected chi connectivity index (χ2v) is 8.94. The van der Waals surface area contributed by atoms with Gasteiger partial charge in [0.2, 0.25) is 0 Å². The van der Waals surface area contributed by atoms with Crippen molar-refractivity contribution in [2.24, 2.45) is 5.41 Å². The predicted molar refractivity (Wildman–Crippen MR) is 111 cm³/mol. The second-order valence-electron chi connectivity index (χ2n) is 8.94. The van der Waals surface area contributed by atoms with Crippen LogP contribution in [0.3, 0.4) is 0 Å². The maximum atomic E-state index is 12.6. The van der Waals surface area contributed by atoms with Gasteiger partial charge in [0, 0.05) is 29.7 Å². The van der Waals surface area contributed by atoms with Gasteiger partial charge < -0.3 is 15.2 Å². The zero-order chi connectivity index (χ0) is 19.5. The number of fused-ring (bicyclic) bond motifs is 1. The molecule has 0 amide bonds. The third-order valence-corrected chi connectivity index (χ3v) is 4.61. The highest BCUT2D eigenvalue weighted by molar-refractivity contribution is 5.78. The number of nitrogens with zero attached hydrogens (tertiary/aromatic N) is 1. The van der Waals surface area contributed by atoms with Crippen LogP contribution in [0.2, 0.25) is 0 Å². The summed E-state index contributed by atoms with van der Waals surface area (Å²) in [6.45, 7) is 18.7. The fourth-order valence-corrected chi connectivity index (χ4v) is 2.89. The predicted octanol–water partition coefficient (Wildman–Crippen LogP) is 4.63. The van der Waals surface area contributed by atoms with Gasteiger partial charge in [-0.1, -0.05) is 52.5 Å². The first kappa shape index (κ1) is 20.1. The molecule has 2 N–H and O–H groups in total. The third-order valence-electron chi connectivity index (χ3n) is 4.61. The van der Waals surface area contributed by atoms with E-state index in [1.807, 2.05) is 30.3 Å². The highest BCUT2D eigenvalue weighted by atomic mass is 16.1. The Morgan fingerprint density at radius 2 is 1.85 bits per heavy atom. The summed E-state index contributed by atoms with van der Waals surface area (Å²) in [4.78, 5) is 17.7. The number of para-hydroxylation sites is 1. The van der Waals surface area contributed by atoms with Gasteiger partial charge in [-0.05, 0) is 43.2 Å². The average molecular weight is 356 g/mol. The van der Waals surface area contributed by atoms with Gasteiger partial charge in [0.15, 0.2) is 0 Å². The van der Waals surface area contributed by atoms with E-state index in [2.05, 4.69) is 63.3 Å². The zero-order valence-corrected chi connectivity index (χ0v) is 17.1. The molecule has 2 aromatic rings. The molecule has 0 aliphatic carbocycles. The highest BCUT2D eigenvalue weighted by Gasteiger charge is 2.23. The molecule has 0 aliphatic heterocycles. The summed E-state index contributed by atoms with van der Waals surface area (Å²) in [5, 5.41) is 4.57. The van der Waals surface area contributed by atoms with Crippen molar-refractivity contribution < 1.29 is 0 Å². The van der Waals surface area contributed by atoms with Crippen molar-refractivity contribution in [3.63, 3.8) is 0 Å². The molecule has 4 heteroatoms. The summed E-state index contributed by atoms with van der Waals surface area (Å²) in [6, 6.07) is 9.86. The molecule has 0 saturated carbocycles. The molecule has 1 aromatic heterocycles. The third kappa shape index (κ3) is 5.38. The number of hydrogen-bond donors (Lipinski definition) is 2. The van der Waals surface area contributed by atoms with Crippen LogP contribution in [-0.4, -0.2) is 22.0 Å². The summed E-state index contributed by atoms with van der Waals surface area (Å²) in [5.74, 6) is 0.860. The summed E-state index contributed by atoms with van der Waals surface area (Å²) in [5.41, 5.74) is 1.64. The molecule has 142 valence electrons. The van der Waals surface area contributed by atoms with Crippen LogP contribution in [0.15, 0.2) is 47.5 Å². The lowest BCUT2D eigenvalue weighted by Gasteiger charge is -2.37. The van der Waals surface area contributed by atoms with Gasteiger partial charge >= 0.3 is 0 Å². The molecule has 0 unspecified atom stereocenters. The van der Waals surface area contributed by atoms with Crippen LogP contribution in [0.4, 0.5) is 0 Å². The molecule has 2 rings (SSSR count). The largest absolute Gasteiger partial charge is 0.367 e. The highest BCUT2D eigenvalue weighted by Crippen LogP contribution is 2.21. The van der Waals surface area contributed by atoms with Gasteiger partial charge in [-0.25, -0.2) is 0 Å². The van der Waals surface area contributed by atoms with Crippen LogP contribution in [-0.2, 0) is 6.54 Å². The fraction of sp³-hybridized carbons (Fsp3) is 0.500. The number of aromatic nitrogens is 1. The van der Waals surface area contributed by atoms with Crippen molar-refractivity contribution in [3.05, 3.63) is 58.6 Å². The lowest BCUT2D eigenvalue weighted by Crippen LogP contribution is -2.45. The van der Waals surface area contributed by atoms with Crippen molar-refractivity contribution in [1.29, 1.82) is 0 Å². The van der Waals surface area contributed by atoms with Crippen molar-refractivity contribution in [2.45, 2.75) is 60.0 Å². The number of nitrogens with one attached hydrogen (secondary N) is 2. The van der Waals surface area contributed by atoms with Gasteiger partial charge in [0.1, 0.15) is 0 Å². The van der Waals surface area contributed by atoms with Crippen molar-refractivity contribution in [2.75, 3.05) is 6.54 Å². The van der Waals surface area contributed by atoms with E-state index in [1.54, 1.807) is 0 Å². The first-order chi connectivity index (χ1) is 12.0. The minimum Gasteiger partial charge on any atom is -0.367 e. The van der Waals surface area contributed by atoms with Crippen LogP contribution in [0, 0.1) is 5.41 Å². The first-order valence-corrected chi connectivity index (χ1v) is 9.34. The molecule has 0 atom stereocenters. The van der Waals surface area contributed by atoms with E-state index in [4.69, 9.17) is 0 Å². The van der Waals surface area contributed by atoms with Gasteiger partial charge in [-0.3, -0.25) is 4.79 Å². The zero-order valence-electron chi connectivity index (χ0n) is 17.1. The van der Waals surface area contributed by atoms with Crippen molar-refractivity contribution in [1.82, 2.24) is 15.2 Å². The summed E-state index contributed by atoms with van der Waals surface area (Å²) in [7, 11) is 0. The first-order valence-electron chi connectivity index (χ1n) is 9.34. The van der Waals surface area contributed by atoms with E-state index < -0.39 is 0 Å². The van der Waals surface area contributed by atoms with E-state index in [9.17, 15) is 4.79 Å². The molecule has 0 radical (unpaired) electrons. The molecule has 26 heavy (non-hydrogen) atoms. The quantitative estimate of drug-likeness (QED) is 0.761. The summed E-state index contributed by atoms with van der Waals surface area (Å²) >= 11 is 0. The van der Waals surface area contributed by atoms with E-state index in [-0.39, 0.29) is 16.5 Å². The topological polar surface area (TPSA) is 48.1 Å². The molecule has 0 spiro atoms. The Kier molecular flexibility index (Phi) is 5.84. The van der Waals surface area contributed by atoms with E-state index in [1.165, 1.54) is 0 Å². The molecule has 0 aliphatic rings. The van der Waals surface area contributed by atoms with E-state index >= 15 is 0 Å². The molecular formula is C22H33N3O.